The van der Waals surface area contributed by atoms with E-state index in [-0.39, 0.29) is 17.1 Å². The van der Waals surface area contributed by atoms with Crippen molar-refractivity contribution in [2.24, 2.45) is 0 Å². The molecule has 0 unspecified atom stereocenters. The van der Waals surface area contributed by atoms with Crippen LogP contribution >= 0.6 is 11.6 Å². The van der Waals surface area contributed by atoms with Crippen LogP contribution in [0, 0.1) is 21.4 Å². The SMILES string of the molecule is N#Cc1nc([N+](=O)[O-])c(C(F)F)cc1CCl. The van der Waals surface area contributed by atoms with E-state index in [0.717, 1.165) is 6.07 Å². The average Bonchev–Trinajstić information content (AvgIpc) is 2.26. The van der Waals surface area contributed by atoms with Crippen molar-refractivity contribution in [2.75, 3.05) is 0 Å². The molecule has 0 aromatic carbocycles. The second kappa shape index (κ2) is 4.81. The van der Waals surface area contributed by atoms with Crippen molar-refractivity contribution >= 4 is 17.4 Å². The van der Waals surface area contributed by atoms with Gasteiger partial charge in [0.1, 0.15) is 11.6 Å². The first-order valence-corrected chi connectivity index (χ1v) is 4.47. The summed E-state index contributed by atoms with van der Waals surface area (Å²) in [5, 5.41) is 19.1. The van der Waals surface area contributed by atoms with E-state index in [1.807, 2.05) is 0 Å². The van der Waals surface area contributed by atoms with Crippen LogP contribution in [0.5, 0.6) is 0 Å². The van der Waals surface area contributed by atoms with Crippen LogP contribution in [0.3, 0.4) is 0 Å². The molecule has 0 aliphatic heterocycles. The van der Waals surface area contributed by atoms with E-state index in [0.29, 0.717) is 0 Å². The average molecular weight is 248 g/mol. The summed E-state index contributed by atoms with van der Waals surface area (Å²) in [4.78, 5) is 12.7. The maximum Gasteiger partial charge on any atom is 0.373 e. The lowest BCUT2D eigenvalue weighted by Gasteiger charge is -2.03. The molecule has 0 N–H and O–H groups in total. The Morgan fingerprint density at radius 2 is 2.31 bits per heavy atom. The zero-order chi connectivity index (χ0) is 12.3. The summed E-state index contributed by atoms with van der Waals surface area (Å²) < 4.78 is 24.9. The summed E-state index contributed by atoms with van der Waals surface area (Å²) in [5.41, 5.74) is -1.10. The van der Waals surface area contributed by atoms with Crippen molar-refractivity contribution in [3.05, 3.63) is 33.0 Å². The molecule has 0 saturated carbocycles. The summed E-state index contributed by atoms with van der Waals surface area (Å²) in [6, 6.07) is 2.40. The molecule has 0 saturated heterocycles. The van der Waals surface area contributed by atoms with Crippen LogP contribution in [0.4, 0.5) is 14.6 Å². The van der Waals surface area contributed by atoms with Crippen molar-refractivity contribution in [2.45, 2.75) is 12.3 Å². The third-order valence-electron chi connectivity index (χ3n) is 1.77. The van der Waals surface area contributed by atoms with E-state index in [4.69, 9.17) is 16.9 Å². The second-order valence-corrected chi connectivity index (χ2v) is 2.98. The molecular formula is C8H4ClF2N3O2. The molecule has 8 heteroatoms. The molecule has 1 heterocycles. The molecule has 0 atom stereocenters. The van der Waals surface area contributed by atoms with Gasteiger partial charge in [-0.25, -0.2) is 8.78 Å². The fourth-order valence-corrected chi connectivity index (χ4v) is 1.27. The van der Waals surface area contributed by atoms with Crippen molar-refractivity contribution in [3.63, 3.8) is 0 Å². The van der Waals surface area contributed by atoms with E-state index in [1.165, 1.54) is 0 Å². The molecule has 84 valence electrons. The number of pyridine rings is 1. The van der Waals surface area contributed by atoms with Crippen molar-refractivity contribution < 1.29 is 13.7 Å². The number of nitro groups is 1. The Morgan fingerprint density at radius 1 is 1.69 bits per heavy atom. The molecule has 0 aliphatic carbocycles. The van der Waals surface area contributed by atoms with Gasteiger partial charge in [-0.15, -0.1) is 11.6 Å². The van der Waals surface area contributed by atoms with Crippen LogP contribution in [0.2, 0.25) is 0 Å². The molecule has 16 heavy (non-hydrogen) atoms. The predicted octanol–water partition coefficient (Wildman–Crippen LogP) is 2.54. The van der Waals surface area contributed by atoms with Gasteiger partial charge in [0.25, 0.3) is 12.1 Å². The number of aromatic nitrogens is 1. The third-order valence-corrected chi connectivity index (χ3v) is 2.06. The first-order chi connectivity index (χ1) is 7.51. The number of hydrogen-bond donors (Lipinski definition) is 0. The van der Waals surface area contributed by atoms with E-state index in [2.05, 4.69) is 4.98 Å². The number of halogens is 3. The van der Waals surface area contributed by atoms with Crippen LogP contribution in [0.25, 0.3) is 0 Å². The number of nitriles is 1. The first-order valence-electron chi connectivity index (χ1n) is 3.93. The number of nitrogens with zero attached hydrogens (tertiary/aromatic N) is 3. The Morgan fingerprint density at radius 3 is 2.69 bits per heavy atom. The Bertz CT molecular complexity index is 473. The predicted molar refractivity (Wildman–Crippen MR) is 50.1 cm³/mol. The van der Waals surface area contributed by atoms with Gasteiger partial charge in [-0.2, -0.15) is 5.26 Å². The van der Waals surface area contributed by atoms with Gasteiger partial charge in [0, 0.05) is 5.56 Å². The largest absolute Gasteiger partial charge is 0.373 e. The molecule has 1 aromatic rings. The summed E-state index contributed by atoms with van der Waals surface area (Å²) in [5.74, 6) is -1.23. The highest BCUT2D eigenvalue weighted by Gasteiger charge is 2.26. The van der Waals surface area contributed by atoms with Crippen LogP contribution < -0.4 is 0 Å². The smallest absolute Gasteiger partial charge is 0.358 e. The maximum atomic E-state index is 12.5. The number of rotatable bonds is 3. The lowest BCUT2D eigenvalue weighted by molar-refractivity contribution is -0.391. The lowest BCUT2D eigenvalue weighted by atomic mass is 10.1. The Hall–Kier alpha value is -1.81. The molecule has 0 amide bonds. The van der Waals surface area contributed by atoms with Gasteiger partial charge in [-0.3, -0.25) is 0 Å². The van der Waals surface area contributed by atoms with E-state index in [1.54, 1.807) is 6.07 Å². The minimum absolute atomic E-state index is 0.0464. The van der Waals surface area contributed by atoms with E-state index >= 15 is 0 Å². The van der Waals surface area contributed by atoms with Crippen LogP contribution in [-0.4, -0.2) is 9.91 Å². The molecule has 0 bridgehead atoms. The first kappa shape index (κ1) is 12.3. The normalized spacial score (nSPS) is 10.2. The molecule has 0 fully saturated rings. The Labute approximate surface area is 93.4 Å². The van der Waals surface area contributed by atoms with Gasteiger partial charge in [0.2, 0.25) is 0 Å². The monoisotopic (exact) mass is 247 g/mol. The van der Waals surface area contributed by atoms with Gasteiger partial charge < -0.3 is 10.1 Å². The minimum atomic E-state index is -3.04. The highest BCUT2D eigenvalue weighted by Crippen LogP contribution is 2.29. The lowest BCUT2D eigenvalue weighted by Crippen LogP contribution is -2.03. The zero-order valence-corrected chi connectivity index (χ0v) is 8.41. The van der Waals surface area contributed by atoms with Crippen molar-refractivity contribution in [1.29, 1.82) is 5.26 Å². The van der Waals surface area contributed by atoms with Gasteiger partial charge >= 0.3 is 5.82 Å². The van der Waals surface area contributed by atoms with E-state index < -0.39 is 22.7 Å². The zero-order valence-electron chi connectivity index (χ0n) is 7.65. The topological polar surface area (TPSA) is 79.8 Å². The standard InChI is InChI=1S/C8H4ClF2N3O2/c9-2-4-1-5(7(10)11)8(14(15)16)13-6(4)3-12/h1,7H,2H2. The second-order valence-electron chi connectivity index (χ2n) is 2.71. The van der Waals surface area contributed by atoms with Gasteiger partial charge in [-0.1, -0.05) is 0 Å². The fourth-order valence-electron chi connectivity index (χ4n) is 1.07. The third kappa shape index (κ3) is 2.23. The molecular weight excluding hydrogens is 244 g/mol. The van der Waals surface area contributed by atoms with Gasteiger partial charge in [-0.05, 0) is 16.0 Å². The quantitative estimate of drug-likeness (QED) is 0.467. The molecule has 1 rings (SSSR count). The summed E-state index contributed by atoms with van der Waals surface area (Å²) >= 11 is 5.41. The Kier molecular flexibility index (Phi) is 3.68. The summed E-state index contributed by atoms with van der Waals surface area (Å²) in [6.45, 7) is 0. The number of hydrogen-bond acceptors (Lipinski definition) is 4. The van der Waals surface area contributed by atoms with Crippen LogP contribution in [0.15, 0.2) is 6.07 Å². The van der Waals surface area contributed by atoms with Crippen molar-refractivity contribution in [1.82, 2.24) is 4.98 Å². The molecule has 0 spiro atoms. The van der Waals surface area contributed by atoms with Crippen LogP contribution in [-0.2, 0) is 5.88 Å². The van der Waals surface area contributed by atoms with Crippen LogP contribution in [0.1, 0.15) is 23.2 Å². The highest BCUT2D eigenvalue weighted by molar-refractivity contribution is 6.17. The maximum absolute atomic E-state index is 12.5. The fraction of sp³-hybridized carbons (Fsp3) is 0.250. The molecule has 5 nitrogen and oxygen atoms in total. The van der Waals surface area contributed by atoms with E-state index in [9.17, 15) is 18.9 Å². The van der Waals surface area contributed by atoms with Gasteiger partial charge in [0.05, 0.1) is 5.88 Å². The highest BCUT2D eigenvalue weighted by atomic mass is 35.5. The Balaban J connectivity index is 3.49. The number of alkyl halides is 3. The summed E-state index contributed by atoms with van der Waals surface area (Å²) in [6.07, 6.45) is -3.04. The molecule has 0 radical (unpaired) electrons. The molecule has 0 aliphatic rings. The van der Waals surface area contributed by atoms with Crippen molar-refractivity contribution in [3.8, 4) is 6.07 Å². The molecule has 1 aromatic heterocycles. The minimum Gasteiger partial charge on any atom is -0.358 e. The van der Waals surface area contributed by atoms with Gasteiger partial charge in [0.15, 0.2) is 0 Å². The summed E-state index contributed by atoms with van der Waals surface area (Å²) in [7, 11) is 0.